The average Bonchev–Trinajstić information content (AvgIpc) is 3.17. The van der Waals surface area contributed by atoms with Crippen LogP contribution in [0, 0.1) is 0 Å². The van der Waals surface area contributed by atoms with Crippen LogP contribution in [0.1, 0.15) is 5.69 Å². The zero-order valence-corrected chi connectivity index (χ0v) is 14.3. The SMILES string of the molecule is O=S(=O)(NCc1nccnc1-c1ccsc1)c1ccc(Cl)s1. The highest BCUT2D eigenvalue weighted by Gasteiger charge is 2.18. The number of thiophene rings is 2. The van der Waals surface area contributed by atoms with Gasteiger partial charge in [-0.2, -0.15) is 11.3 Å². The summed E-state index contributed by atoms with van der Waals surface area (Å²) in [4.78, 5) is 8.52. The van der Waals surface area contributed by atoms with E-state index in [4.69, 9.17) is 11.6 Å². The normalized spacial score (nSPS) is 11.7. The van der Waals surface area contributed by atoms with Gasteiger partial charge in [-0.3, -0.25) is 9.97 Å². The van der Waals surface area contributed by atoms with Crippen molar-refractivity contribution in [1.29, 1.82) is 0 Å². The summed E-state index contributed by atoms with van der Waals surface area (Å²) in [5, 5.41) is 3.88. The smallest absolute Gasteiger partial charge is 0.250 e. The van der Waals surface area contributed by atoms with Gasteiger partial charge in [-0.15, -0.1) is 11.3 Å². The number of hydrogen-bond donors (Lipinski definition) is 1. The number of hydrogen-bond acceptors (Lipinski definition) is 6. The van der Waals surface area contributed by atoms with E-state index < -0.39 is 10.0 Å². The van der Waals surface area contributed by atoms with E-state index in [1.165, 1.54) is 6.07 Å². The molecule has 0 atom stereocenters. The first kappa shape index (κ1) is 15.6. The highest BCUT2D eigenvalue weighted by Crippen LogP contribution is 2.26. The maximum Gasteiger partial charge on any atom is 0.250 e. The van der Waals surface area contributed by atoms with E-state index in [1.807, 2.05) is 16.8 Å². The Morgan fingerprint density at radius 3 is 2.68 bits per heavy atom. The van der Waals surface area contributed by atoms with Crippen molar-refractivity contribution in [3.63, 3.8) is 0 Å². The van der Waals surface area contributed by atoms with Gasteiger partial charge in [0, 0.05) is 23.3 Å². The first-order chi connectivity index (χ1) is 10.6. The summed E-state index contributed by atoms with van der Waals surface area (Å²) < 4.78 is 27.6. The molecule has 0 amide bonds. The summed E-state index contributed by atoms with van der Waals surface area (Å²) in [6, 6.07) is 4.96. The number of nitrogens with one attached hydrogen (secondary N) is 1. The van der Waals surface area contributed by atoms with Crippen molar-refractivity contribution in [2.75, 3.05) is 0 Å². The summed E-state index contributed by atoms with van der Waals surface area (Å²) >= 11 is 8.34. The minimum atomic E-state index is -3.60. The van der Waals surface area contributed by atoms with Gasteiger partial charge < -0.3 is 0 Å². The van der Waals surface area contributed by atoms with Crippen LogP contribution >= 0.6 is 34.3 Å². The van der Waals surface area contributed by atoms with Crippen molar-refractivity contribution in [3.05, 3.63) is 51.4 Å². The van der Waals surface area contributed by atoms with Gasteiger partial charge in [0.25, 0.3) is 0 Å². The molecule has 0 aliphatic carbocycles. The third kappa shape index (κ3) is 3.36. The molecular weight excluding hydrogens is 362 g/mol. The van der Waals surface area contributed by atoms with Crippen LogP contribution in [-0.2, 0) is 16.6 Å². The fourth-order valence-electron chi connectivity index (χ4n) is 1.81. The highest BCUT2D eigenvalue weighted by molar-refractivity contribution is 7.91. The molecule has 3 heterocycles. The first-order valence-corrected chi connectivity index (χ1v) is 9.76. The van der Waals surface area contributed by atoms with Crippen molar-refractivity contribution >= 4 is 44.3 Å². The second-order valence-electron chi connectivity index (χ2n) is 4.25. The van der Waals surface area contributed by atoms with E-state index in [0.29, 0.717) is 15.7 Å². The summed E-state index contributed by atoms with van der Waals surface area (Å²) in [7, 11) is -3.60. The van der Waals surface area contributed by atoms with E-state index in [-0.39, 0.29) is 10.8 Å². The first-order valence-electron chi connectivity index (χ1n) is 6.14. The zero-order valence-electron chi connectivity index (χ0n) is 11.1. The zero-order chi connectivity index (χ0) is 15.6. The lowest BCUT2D eigenvalue weighted by Crippen LogP contribution is -2.23. The molecule has 114 valence electrons. The molecule has 0 spiro atoms. The summed E-state index contributed by atoms with van der Waals surface area (Å²) in [5.74, 6) is 0. The molecule has 22 heavy (non-hydrogen) atoms. The van der Waals surface area contributed by atoms with Crippen molar-refractivity contribution < 1.29 is 8.42 Å². The van der Waals surface area contributed by atoms with Crippen LogP contribution in [0.4, 0.5) is 0 Å². The van der Waals surface area contributed by atoms with E-state index in [2.05, 4.69) is 14.7 Å². The molecular formula is C13H10ClN3O2S3. The number of nitrogens with zero attached hydrogens (tertiary/aromatic N) is 2. The molecule has 0 bridgehead atoms. The third-order valence-corrected chi connectivity index (χ3v) is 6.62. The molecule has 0 aromatic carbocycles. The molecule has 3 rings (SSSR count). The predicted molar refractivity (Wildman–Crippen MR) is 88.7 cm³/mol. The van der Waals surface area contributed by atoms with E-state index in [0.717, 1.165) is 16.9 Å². The molecule has 0 aliphatic rings. The quantitative estimate of drug-likeness (QED) is 0.746. The lowest BCUT2D eigenvalue weighted by molar-refractivity contribution is 0.582. The second kappa shape index (κ2) is 6.43. The largest absolute Gasteiger partial charge is 0.256 e. The Morgan fingerprint density at radius 1 is 1.18 bits per heavy atom. The molecule has 3 aromatic heterocycles. The van der Waals surface area contributed by atoms with Crippen LogP contribution < -0.4 is 4.72 Å². The van der Waals surface area contributed by atoms with Gasteiger partial charge in [-0.25, -0.2) is 13.1 Å². The van der Waals surface area contributed by atoms with Gasteiger partial charge in [-0.1, -0.05) is 11.6 Å². The van der Waals surface area contributed by atoms with Crippen molar-refractivity contribution in [3.8, 4) is 11.3 Å². The van der Waals surface area contributed by atoms with Crippen LogP contribution in [0.3, 0.4) is 0 Å². The molecule has 0 aliphatic heterocycles. The van der Waals surface area contributed by atoms with Crippen molar-refractivity contribution in [1.82, 2.24) is 14.7 Å². The Morgan fingerprint density at radius 2 is 2.00 bits per heavy atom. The summed E-state index contributed by atoms with van der Waals surface area (Å²) in [6.45, 7) is 0.0663. The van der Waals surface area contributed by atoms with Gasteiger partial charge in [0.15, 0.2) is 0 Å². The minimum Gasteiger partial charge on any atom is -0.256 e. The molecule has 0 unspecified atom stereocenters. The molecule has 0 radical (unpaired) electrons. The Kier molecular flexibility index (Phi) is 4.55. The monoisotopic (exact) mass is 371 g/mol. The molecule has 5 nitrogen and oxygen atoms in total. The summed E-state index contributed by atoms with van der Waals surface area (Å²) in [5.41, 5.74) is 2.18. The Hall–Kier alpha value is -1.32. The van der Waals surface area contributed by atoms with E-state index in [9.17, 15) is 8.42 Å². The highest BCUT2D eigenvalue weighted by atomic mass is 35.5. The van der Waals surface area contributed by atoms with Crippen LogP contribution in [0.15, 0.2) is 45.6 Å². The van der Waals surface area contributed by atoms with Crippen LogP contribution in [0.2, 0.25) is 4.34 Å². The number of rotatable bonds is 5. The van der Waals surface area contributed by atoms with Gasteiger partial charge in [-0.05, 0) is 23.6 Å². The minimum absolute atomic E-state index is 0.0663. The molecule has 1 N–H and O–H groups in total. The van der Waals surface area contributed by atoms with Gasteiger partial charge in [0.05, 0.1) is 22.3 Å². The van der Waals surface area contributed by atoms with Gasteiger partial charge >= 0.3 is 0 Å². The Balaban J connectivity index is 1.83. The maximum absolute atomic E-state index is 12.2. The van der Waals surface area contributed by atoms with Crippen LogP contribution in [0.25, 0.3) is 11.3 Å². The number of aromatic nitrogens is 2. The number of sulfonamides is 1. The Labute approximate surface area is 140 Å². The lowest BCUT2D eigenvalue weighted by atomic mass is 10.2. The molecule has 3 aromatic rings. The lowest BCUT2D eigenvalue weighted by Gasteiger charge is -2.07. The van der Waals surface area contributed by atoms with Crippen molar-refractivity contribution in [2.45, 2.75) is 10.8 Å². The van der Waals surface area contributed by atoms with Crippen LogP contribution in [-0.4, -0.2) is 18.4 Å². The second-order valence-corrected chi connectivity index (χ2v) is 8.74. The average molecular weight is 372 g/mol. The molecule has 0 fully saturated rings. The van der Waals surface area contributed by atoms with E-state index in [1.54, 1.807) is 29.8 Å². The standard InChI is InChI=1S/C13H10ClN3O2S3/c14-11-1-2-12(21-11)22(18,19)17-7-10-13(16-5-4-15-10)9-3-6-20-8-9/h1-6,8,17H,7H2. The fraction of sp³-hybridized carbons (Fsp3) is 0.0769. The molecule has 0 saturated carbocycles. The van der Waals surface area contributed by atoms with Crippen LogP contribution in [0.5, 0.6) is 0 Å². The van der Waals surface area contributed by atoms with Gasteiger partial charge in [0.1, 0.15) is 4.21 Å². The maximum atomic E-state index is 12.2. The predicted octanol–water partition coefficient (Wildman–Crippen LogP) is 3.40. The Bertz CT molecular complexity index is 876. The summed E-state index contributed by atoms with van der Waals surface area (Å²) in [6.07, 6.45) is 3.13. The number of halogens is 1. The fourth-order valence-corrected chi connectivity index (χ4v) is 4.97. The van der Waals surface area contributed by atoms with Crippen molar-refractivity contribution in [2.24, 2.45) is 0 Å². The van der Waals surface area contributed by atoms with Gasteiger partial charge in [0.2, 0.25) is 10.0 Å². The van der Waals surface area contributed by atoms with E-state index >= 15 is 0 Å². The molecule has 0 saturated heterocycles. The molecule has 9 heteroatoms. The third-order valence-electron chi connectivity index (χ3n) is 2.81. The topological polar surface area (TPSA) is 72.0 Å².